The van der Waals surface area contributed by atoms with E-state index < -0.39 is 22.2 Å². The summed E-state index contributed by atoms with van der Waals surface area (Å²) in [6.45, 7) is 0.283. The molecule has 11 heteroatoms. The molecule has 1 aromatic heterocycles. The first-order valence-corrected chi connectivity index (χ1v) is 11.8. The average Bonchev–Trinajstić information content (AvgIpc) is 3.22. The van der Waals surface area contributed by atoms with Gasteiger partial charge in [0.15, 0.2) is 17.6 Å². The number of ether oxygens (including phenoxy) is 3. The Morgan fingerprint density at radius 2 is 1.88 bits per heavy atom. The number of hydrogen-bond donors (Lipinski definition) is 2. The van der Waals surface area contributed by atoms with Crippen LogP contribution in [-0.2, 0) is 15.0 Å². The number of benzene rings is 2. The molecule has 2 N–H and O–H groups in total. The normalized spacial score (nSPS) is 20.4. The highest BCUT2D eigenvalue weighted by Crippen LogP contribution is 2.43. The lowest BCUT2D eigenvalue weighted by molar-refractivity contribution is -0.120. The van der Waals surface area contributed by atoms with Crippen LogP contribution in [0, 0.1) is 11.3 Å². The maximum atomic E-state index is 11.7. The SMILES string of the molecule is N#Cc1ccc(Oc2cccc3c2OC[C@H]3Oc2ccc(C3CC(=O)NS(=O)(=O)N3)cc2)cn1. The Morgan fingerprint density at radius 3 is 2.59 bits per heavy atom. The van der Waals surface area contributed by atoms with Crippen molar-refractivity contribution < 1.29 is 27.4 Å². The van der Waals surface area contributed by atoms with Crippen LogP contribution >= 0.6 is 0 Å². The van der Waals surface area contributed by atoms with Crippen molar-refractivity contribution in [3.8, 4) is 29.1 Å². The van der Waals surface area contributed by atoms with Crippen molar-refractivity contribution in [3.63, 3.8) is 0 Å². The van der Waals surface area contributed by atoms with Crippen LogP contribution in [0.1, 0.15) is 35.4 Å². The van der Waals surface area contributed by atoms with Gasteiger partial charge in [-0.15, -0.1) is 0 Å². The number of carbonyl (C=O) groups excluding carboxylic acids is 1. The van der Waals surface area contributed by atoms with Crippen LogP contribution in [0.3, 0.4) is 0 Å². The van der Waals surface area contributed by atoms with Gasteiger partial charge >= 0.3 is 10.2 Å². The molecule has 0 saturated carbocycles. The molecule has 1 unspecified atom stereocenters. The number of nitrogens with one attached hydrogen (secondary N) is 2. The highest BCUT2D eigenvalue weighted by Gasteiger charge is 2.31. The number of hydrogen-bond acceptors (Lipinski definition) is 8. The lowest BCUT2D eigenvalue weighted by atomic mass is 10.0. The third-order valence-corrected chi connectivity index (χ3v) is 6.40. The van der Waals surface area contributed by atoms with Crippen molar-refractivity contribution in [2.24, 2.45) is 0 Å². The minimum atomic E-state index is -3.85. The van der Waals surface area contributed by atoms with E-state index in [1.165, 1.54) is 6.20 Å². The fourth-order valence-electron chi connectivity index (χ4n) is 3.77. The fraction of sp³-hybridized carbons (Fsp3) is 0.174. The van der Waals surface area contributed by atoms with E-state index >= 15 is 0 Å². The molecule has 1 amide bonds. The lowest BCUT2D eigenvalue weighted by Gasteiger charge is -2.24. The lowest BCUT2D eigenvalue weighted by Crippen LogP contribution is -2.48. The number of nitriles is 1. The summed E-state index contributed by atoms with van der Waals surface area (Å²) < 4.78 is 45.6. The number of para-hydroxylation sites is 1. The number of carbonyl (C=O) groups is 1. The van der Waals surface area contributed by atoms with E-state index in [9.17, 15) is 13.2 Å². The summed E-state index contributed by atoms with van der Waals surface area (Å²) in [7, 11) is -3.85. The maximum Gasteiger partial charge on any atom is 0.301 e. The number of rotatable bonds is 5. The van der Waals surface area contributed by atoms with Crippen LogP contribution in [0.15, 0.2) is 60.8 Å². The third-order valence-electron chi connectivity index (χ3n) is 5.31. The second-order valence-corrected chi connectivity index (χ2v) is 9.10. The van der Waals surface area contributed by atoms with Crippen LogP contribution < -0.4 is 23.7 Å². The van der Waals surface area contributed by atoms with Crippen molar-refractivity contribution in [1.29, 1.82) is 5.26 Å². The first-order chi connectivity index (χ1) is 16.4. The van der Waals surface area contributed by atoms with Gasteiger partial charge in [-0.25, -0.2) is 9.71 Å². The van der Waals surface area contributed by atoms with Crippen molar-refractivity contribution in [3.05, 3.63) is 77.6 Å². The van der Waals surface area contributed by atoms with E-state index in [0.29, 0.717) is 34.3 Å². The molecule has 5 rings (SSSR count). The minimum Gasteiger partial charge on any atom is -0.485 e. The van der Waals surface area contributed by atoms with Gasteiger partial charge in [0.25, 0.3) is 0 Å². The van der Waals surface area contributed by atoms with Crippen LogP contribution in [0.5, 0.6) is 23.0 Å². The van der Waals surface area contributed by atoms with E-state index in [1.54, 1.807) is 42.5 Å². The number of pyridine rings is 1. The number of fused-ring (bicyclic) bond motifs is 1. The molecule has 3 heterocycles. The molecule has 10 nitrogen and oxygen atoms in total. The highest BCUT2D eigenvalue weighted by molar-refractivity contribution is 7.88. The summed E-state index contributed by atoms with van der Waals surface area (Å²) in [5.41, 5.74) is 1.77. The molecule has 0 bridgehead atoms. The van der Waals surface area contributed by atoms with Gasteiger partial charge in [0.1, 0.15) is 29.9 Å². The second-order valence-electron chi connectivity index (χ2n) is 7.66. The molecular formula is C23H18N4O6S. The van der Waals surface area contributed by atoms with Gasteiger partial charge in [0, 0.05) is 12.0 Å². The summed E-state index contributed by atoms with van der Waals surface area (Å²) in [6.07, 6.45) is 1.11. The molecule has 0 aliphatic carbocycles. The van der Waals surface area contributed by atoms with E-state index in [-0.39, 0.29) is 19.1 Å². The van der Waals surface area contributed by atoms with Crippen molar-refractivity contribution in [2.45, 2.75) is 18.6 Å². The van der Waals surface area contributed by atoms with Gasteiger partial charge in [-0.3, -0.25) is 4.79 Å². The van der Waals surface area contributed by atoms with Gasteiger partial charge in [-0.05, 0) is 35.9 Å². The fourth-order valence-corrected chi connectivity index (χ4v) is 4.80. The first kappa shape index (κ1) is 21.7. The van der Waals surface area contributed by atoms with Gasteiger partial charge in [0.05, 0.1) is 12.2 Å². The molecule has 1 saturated heterocycles. The molecule has 2 aliphatic rings. The number of aromatic nitrogens is 1. The molecule has 2 atom stereocenters. The highest BCUT2D eigenvalue weighted by atomic mass is 32.2. The van der Waals surface area contributed by atoms with Gasteiger partial charge < -0.3 is 14.2 Å². The molecule has 34 heavy (non-hydrogen) atoms. The predicted molar refractivity (Wildman–Crippen MR) is 118 cm³/mol. The third kappa shape index (κ3) is 4.50. The first-order valence-electron chi connectivity index (χ1n) is 10.3. The quantitative estimate of drug-likeness (QED) is 0.570. The topological polar surface area (TPSA) is 140 Å². The Hall–Kier alpha value is -4.14. The Bertz CT molecular complexity index is 1380. The van der Waals surface area contributed by atoms with E-state index in [2.05, 4.69) is 9.71 Å². The zero-order valence-electron chi connectivity index (χ0n) is 17.6. The zero-order chi connectivity index (χ0) is 23.7. The van der Waals surface area contributed by atoms with Gasteiger partial charge in [-0.1, -0.05) is 24.3 Å². The molecule has 3 aromatic rings. The molecule has 2 aliphatic heterocycles. The molecular weight excluding hydrogens is 460 g/mol. The maximum absolute atomic E-state index is 11.7. The summed E-state index contributed by atoms with van der Waals surface area (Å²) >= 11 is 0. The summed E-state index contributed by atoms with van der Waals surface area (Å²) in [5, 5.41) is 8.88. The Balaban J connectivity index is 1.29. The standard InChI is InChI=1S/C23H18N4O6S/c24-11-15-6-9-17(12-25-15)33-20-3-1-2-18-21(13-31-23(18)20)32-16-7-4-14(5-8-16)19-10-22(28)27-34(29,30)26-19/h1-9,12,19,21,26H,10,13H2,(H,27,28)/t19?,21-/m1/s1. The van der Waals surface area contributed by atoms with Crippen molar-refractivity contribution >= 4 is 16.1 Å². The van der Waals surface area contributed by atoms with E-state index in [1.807, 2.05) is 22.9 Å². The smallest absolute Gasteiger partial charge is 0.301 e. The Morgan fingerprint density at radius 1 is 1.09 bits per heavy atom. The monoisotopic (exact) mass is 478 g/mol. The molecule has 172 valence electrons. The predicted octanol–water partition coefficient (Wildman–Crippen LogP) is 2.65. The molecule has 1 fully saturated rings. The summed E-state index contributed by atoms with van der Waals surface area (Å²) in [5.74, 6) is 1.56. The second kappa shape index (κ2) is 8.66. The zero-order valence-corrected chi connectivity index (χ0v) is 18.4. The van der Waals surface area contributed by atoms with Crippen LogP contribution in [0.4, 0.5) is 0 Å². The summed E-state index contributed by atoms with van der Waals surface area (Å²) in [4.78, 5) is 15.7. The Labute approximate surface area is 195 Å². The van der Waals surface area contributed by atoms with Crippen molar-refractivity contribution in [1.82, 2.24) is 14.4 Å². The molecule has 0 radical (unpaired) electrons. The van der Waals surface area contributed by atoms with Gasteiger partial charge in [0.2, 0.25) is 5.91 Å². The molecule has 2 aromatic carbocycles. The number of nitrogens with zero attached hydrogens (tertiary/aromatic N) is 2. The largest absolute Gasteiger partial charge is 0.485 e. The Kier molecular flexibility index (Phi) is 5.53. The van der Waals surface area contributed by atoms with Crippen LogP contribution in [0.2, 0.25) is 0 Å². The minimum absolute atomic E-state index is 0.0147. The van der Waals surface area contributed by atoms with Crippen LogP contribution in [-0.4, -0.2) is 25.9 Å². The van der Waals surface area contributed by atoms with Crippen LogP contribution in [0.25, 0.3) is 0 Å². The summed E-state index contributed by atoms with van der Waals surface area (Å²) in [6, 6.07) is 16.9. The average molecular weight is 478 g/mol. The van der Waals surface area contributed by atoms with Crippen molar-refractivity contribution in [2.75, 3.05) is 6.61 Å². The molecule has 0 spiro atoms. The van der Waals surface area contributed by atoms with E-state index in [4.69, 9.17) is 19.5 Å². The van der Waals surface area contributed by atoms with E-state index in [0.717, 1.165) is 5.56 Å². The number of amides is 1. The van der Waals surface area contributed by atoms with Gasteiger partial charge in [-0.2, -0.15) is 18.4 Å².